The van der Waals surface area contributed by atoms with Crippen LogP contribution in [0.25, 0.3) is 0 Å². The van der Waals surface area contributed by atoms with Crippen molar-refractivity contribution in [2.45, 2.75) is 0 Å². The Balaban J connectivity index is 2.76. The van der Waals surface area contributed by atoms with Gasteiger partial charge < -0.3 is 9.88 Å². The molecule has 1 rings (SSSR count). The highest BCUT2D eigenvalue weighted by atomic mass is 16.2. The van der Waals surface area contributed by atoms with Crippen LogP contribution in [-0.2, 0) is 0 Å². The molecule has 1 N–H and O–H groups in total. The zero-order chi connectivity index (χ0) is 10.7. The summed E-state index contributed by atoms with van der Waals surface area (Å²) in [5.41, 5.74) is 0.294. The number of rotatable bonds is 1. The molecule has 1 aromatic heterocycles. The Bertz CT molecular complexity index is 331. The van der Waals surface area contributed by atoms with Gasteiger partial charge in [-0.2, -0.15) is 0 Å². The molecule has 0 atom stereocenters. The third-order valence-corrected chi connectivity index (χ3v) is 1.70. The highest BCUT2D eigenvalue weighted by Gasteiger charge is 2.20. The van der Waals surface area contributed by atoms with E-state index in [4.69, 9.17) is 0 Å². The van der Waals surface area contributed by atoms with Gasteiger partial charge in [0.1, 0.15) is 5.69 Å². The monoisotopic (exact) mass is 196 g/mol. The van der Waals surface area contributed by atoms with Gasteiger partial charge in [-0.15, -0.1) is 0 Å². The molecule has 1 heterocycles. The summed E-state index contributed by atoms with van der Waals surface area (Å²) in [6.07, 6.45) is 2.77. The van der Waals surface area contributed by atoms with Gasteiger partial charge in [0, 0.05) is 21.1 Å². The van der Waals surface area contributed by atoms with Gasteiger partial charge in [-0.3, -0.25) is 9.69 Å². The van der Waals surface area contributed by atoms with Crippen LogP contribution in [0.5, 0.6) is 0 Å². The third kappa shape index (κ3) is 1.90. The molecule has 0 aliphatic rings. The summed E-state index contributed by atoms with van der Waals surface area (Å²) in [4.78, 5) is 31.6. The number of imidazole rings is 1. The van der Waals surface area contributed by atoms with E-state index in [-0.39, 0.29) is 6.03 Å². The Hall–Kier alpha value is -1.85. The quantitative estimate of drug-likeness (QED) is 0.695. The Labute approximate surface area is 81.5 Å². The molecular weight excluding hydrogens is 184 g/mol. The van der Waals surface area contributed by atoms with E-state index in [9.17, 15) is 9.59 Å². The molecule has 1 aromatic rings. The smallest absolute Gasteiger partial charge is 0.326 e. The summed E-state index contributed by atoms with van der Waals surface area (Å²) < 4.78 is 0. The van der Waals surface area contributed by atoms with E-state index in [0.717, 1.165) is 4.90 Å². The van der Waals surface area contributed by atoms with E-state index < -0.39 is 5.91 Å². The van der Waals surface area contributed by atoms with Crippen LogP contribution in [0.15, 0.2) is 12.5 Å². The number of hydrogen-bond acceptors (Lipinski definition) is 3. The average molecular weight is 196 g/mol. The second kappa shape index (κ2) is 3.91. The van der Waals surface area contributed by atoms with Crippen LogP contribution < -0.4 is 0 Å². The lowest BCUT2D eigenvalue weighted by Crippen LogP contribution is -2.40. The number of imide groups is 1. The molecule has 76 valence electrons. The number of nitrogens with one attached hydrogen (secondary N) is 1. The maximum absolute atomic E-state index is 11.6. The van der Waals surface area contributed by atoms with Gasteiger partial charge in [0.15, 0.2) is 0 Å². The molecule has 3 amide bonds. The van der Waals surface area contributed by atoms with Crippen LogP contribution in [0, 0.1) is 0 Å². The molecule has 0 aliphatic heterocycles. The minimum atomic E-state index is -0.402. The van der Waals surface area contributed by atoms with Crippen molar-refractivity contribution < 1.29 is 9.59 Å². The number of carbonyl (C=O) groups is 2. The number of carbonyl (C=O) groups excluding carboxylic acids is 2. The zero-order valence-electron chi connectivity index (χ0n) is 8.31. The van der Waals surface area contributed by atoms with E-state index in [0.29, 0.717) is 5.69 Å². The van der Waals surface area contributed by atoms with E-state index in [2.05, 4.69) is 9.97 Å². The summed E-state index contributed by atoms with van der Waals surface area (Å²) in [6.45, 7) is 0. The highest BCUT2D eigenvalue weighted by Crippen LogP contribution is 2.00. The SMILES string of the molecule is CN(C)C(=O)N(C)C(=O)c1cnc[nH]1. The van der Waals surface area contributed by atoms with Crippen molar-refractivity contribution in [2.75, 3.05) is 21.1 Å². The minimum Gasteiger partial charge on any atom is -0.341 e. The van der Waals surface area contributed by atoms with E-state index in [1.165, 1.54) is 24.5 Å². The molecule has 0 fully saturated rings. The summed E-state index contributed by atoms with van der Waals surface area (Å²) in [5, 5.41) is 0. The van der Waals surface area contributed by atoms with Crippen molar-refractivity contribution in [3.8, 4) is 0 Å². The number of hydrogen-bond donors (Lipinski definition) is 1. The molecule has 0 spiro atoms. The largest absolute Gasteiger partial charge is 0.341 e. The van der Waals surface area contributed by atoms with Gasteiger partial charge in [0.2, 0.25) is 0 Å². The summed E-state index contributed by atoms with van der Waals surface area (Å²) in [6, 6.07) is -0.371. The second-order valence-corrected chi connectivity index (χ2v) is 3.01. The molecule has 0 aliphatic carbocycles. The lowest BCUT2D eigenvalue weighted by atomic mass is 10.4. The van der Waals surface area contributed by atoms with Gasteiger partial charge in [-0.05, 0) is 0 Å². The molecule has 0 bridgehead atoms. The molecule has 0 saturated heterocycles. The molecule has 0 radical (unpaired) electrons. The minimum absolute atomic E-state index is 0.294. The Morgan fingerprint density at radius 3 is 2.43 bits per heavy atom. The first-order valence-electron chi connectivity index (χ1n) is 4.01. The highest BCUT2D eigenvalue weighted by molar-refractivity contribution is 6.02. The number of H-pyrrole nitrogens is 1. The molecule has 0 aromatic carbocycles. The van der Waals surface area contributed by atoms with Gasteiger partial charge in [-0.1, -0.05) is 0 Å². The first-order chi connectivity index (χ1) is 6.54. The zero-order valence-corrected chi connectivity index (χ0v) is 8.31. The number of amides is 3. The van der Waals surface area contributed by atoms with Crippen molar-refractivity contribution in [1.29, 1.82) is 0 Å². The molecule has 6 nitrogen and oxygen atoms in total. The summed E-state index contributed by atoms with van der Waals surface area (Å²) in [5.74, 6) is -0.402. The van der Waals surface area contributed by atoms with Gasteiger partial charge >= 0.3 is 6.03 Å². The van der Waals surface area contributed by atoms with Crippen molar-refractivity contribution >= 4 is 11.9 Å². The van der Waals surface area contributed by atoms with Crippen LogP contribution in [0.1, 0.15) is 10.5 Å². The van der Waals surface area contributed by atoms with E-state index in [1.807, 2.05) is 0 Å². The molecule has 0 saturated carbocycles. The number of aromatic nitrogens is 2. The van der Waals surface area contributed by atoms with E-state index >= 15 is 0 Å². The lowest BCUT2D eigenvalue weighted by molar-refractivity contribution is 0.0805. The van der Waals surface area contributed by atoms with Gasteiger partial charge in [-0.25, -0.2) is 9.78 Å². The number of nitrogens with zero attached hydrogens (tertiary/aromatic N) is 3. The normalized spacial score (nSPS) is 9.64. The summed E-state index contributed by atoms with van der Waals surface area (Å²) >= 11 is 0. The average Bonchev–Trinajstić information content (AvgIpc) is 2.67. The van der Waals surface area contributed by atoms with Crippen LogP contribution >= 0.6 is 0 Å². The van der Waals surface area contributed by atoms with Crippen LogP contribution in [0.3, 0.4) is 0 Å². The number of aromatic amines is 1. The first kappa shape index (κ1) is 10.2. The van der Waals surface area contributed by atoms with Gasteiger partial charge in [0.05, 0.1) is 12.5 Å². The van der Waals surface area contributed by atoms with Crippen molar-refractivity contribution in [3.63, 3.8) is 0 Å². The summed E-state index contributed by atoms with van der Waals surface area (Å²) in [7, 11) is 4.59. The lowest BCUT2D eigenvalue weighted by Gasteiger charge is -2.19. The Morgan fingerprint density at radius 1 is 1.36 bits per heavy atom. The predicted octanol–water partition coefficient (Wildman–Crippen LogP) is 0.163. The van der Waals surface area contributed by atoms with E-state index in [1.54, 1.807) is 14.1 Å². The fourth-order valence-corrected chi connectivity index (χ4v) is 0.940. The molecule has 6 heteroatoms. The van der Waals surface area contributed by atoms with Crippen LogP contribution in [0.2, 0.25) is 0 Å². The second-order valence-electron chi connectivity index (χ2n) is 3.01. The predicted molar refractivity (Wildman–Crippen MR) is 49.8 cm³/mol. The number of urea groups is 1. The fourth-order valence-electron chi connectivity index (χ4n) is 0.940. The standard InChI is InChI=1S/C8H12N4O2/c1-11(2)8(14)12(3)7(13)6-4-9-5-10-6/h4-5H,1-3H3,(H,9,10). The molecule has 14 heavy (non-hydrogen) atoms. The van der Waals surface area contributed by atoms with Crippen LogP contribution in [-0.4, -0.2) is 52.8 Å². The Kier molecular flexibility index (Phi) is 2.85. The van der Waals surface area contributed by atoms with Crippen molar-refractivity contribution in [3.05, 3.63) is 18.2 Å². The molecule has 0 unspecified atom stereocenters. The van der Waals surface area contributed by atoms with Crippen molar-refractivity contribution in [2.24, 2.45) is 0 Å². The fraction of sp³-hybridized carbons (Fsp3) is 0.375. The van der Waals surface area contributed by atoms with Crippen LogP contribution in [0.4, 0.5) is 4.79 Å². The third-order valence-electron chi connectivity index (χ3n) is 1.70. The first-order valence-corrected chi connectivity index (χ1v) is 4.01. The maximum Gasteiger partial charge on any atom is 0.326 e. The Morgan fingerprint density at radius 2 is 2.00 bits per heavy atom. The maximum atomic E-state index is 11.6. The van der Waals surface area contributed by atoms with Crippen molar-refractivity contribution in [1.82, 2.24) is 19.8 Å². The van der Waals surface area contributed by atoms with Gasteiger partial charge in [0.25, 0.3) is 5.91 Å². The molecular formula is C8H12N4O2. The topological polar surface area (TPSA) is 69.3 Å².